The Morgan fingerprint density at radius 2 is 2.03 bits per heavy atom. The molecule has 0 aliphatic carbocycles. The molecule has 0 radical (unpaired) electrons. The lowest BCUT2D eigenvalue weighted by atomic mass is 10.1. The van der Waals surface area contributed by atoms with E-state index in [1.165, 1.54) is 16.1 Å². The SMILES string of the molecule is COc1ccc(C)cc1-c1csc(NC(=O)Cn2nnc(-c3ccccc3)n2)n1. The summed E-state index contributed by atoms with van der Waals surface area (Å²) < 4.78 is 5.41. The van der Waals surface area contributed by atoms with Gasteiger partial charge in [0, 0.05) is 16.5 Å². The van der Waals surface area contributed by atoms with Crippen LogP contribution < -0.4 is 10.1 Å². The summed E-state index contributed by atoms with van der Waals surface area (Å²) in [6, 6.07) is 15.4. The average Bonchev–Trinajstić information content (AvgIpc) is 3.38. The fraction of sp³-hybridized carbons (Fsp3) is 0.150. The summed E-state index contributed by atoms with van der Waals surface area (Å²) in [5, 5.41) is 17.3. The largest absolute Gasteiger partial charge is 0.496 e. The van der Waals surface area contributed by atoms with Crippen LogP contribution in [0.2, 0.25) is 0 Å². The van der Waals surface area contributed by atoms with Gasteiger partial charge >= 0.3 is 0 Å². The van der Waals surface area contributed by atoms with Gasteiger partial charge in [0.25, 0.3) is 0 Å². The highest BCUT2D eigenvalue weighted by atomic mass is 32.1. The van der Waals surface area contributed by atoms with Crippen molar-refractivity contribution < 1.29 is 9.53 Å². The van der Waals surface area contributed by atoms with Gasteiger partial charge < -0.3 is 10.1 Å². The normalized spacial score (nSPS) is 10.7. The van der Waals surface area contributed by atoms with Gasteiger partial charge in [-0.05, 0) is 24.3 Å². The average molecular weight is 406 g/mol. The first-order valence-corrected chi connectivity index (χ1v) is 9.74. The van der Waals surface area contributed by atoms with E-state index in [0.29, 0.717) is 11.0 Å². The Morgan fingerprint density at radius 1 is 1.21 bits per heavy atom. The number of aromatic nitrogens is 5. The number of thiazole rings is 1. The third-order valence-electron chi connectivity index (χ3n) is 4.15. The third-order valence-corrected chi connectivity index (χ3v) is 4.91. The highest BCUT2D eigenvalue weighted by Gasteiger charge is 2.14. The summed E-state index contributed by atoms with van der Waals surface area (Å²) in [6.07, 6.45) is 0. The van der Waals surface area contributed by atoms with E-state index in [1.54, 1.807) is 7.11 Å². The first-order valence-electron chi connectivity index (χ1n) is 8.86. The number of ether oxygens (including phenoxy) is 1. The molecule has 0 spiro atoms. The Bertz CT molecular complexity index is 1140. The van der Waals surface area contributed by atoms with Gasteiger partial charge in [-0.3, -0.25) is 4.79 Å². The molecular formula is C20H18N6O2S. The Labute approximate surface area is 171 Å². The number of carbonyl (C=O) groups is 1. The first-order chi connectivity index (χ1) is 14.1. The highest BCUT2D eigenvalue weighted by Crippen LogP contribution is 2.32. The van der Waals surface area contributed by atoms with E-state index in [9.17, 15) is 4.79 Å². The van der Waals surface area contributed by atoms with E-state index in [0.717, 1.165) is 28.1 Å². The van der Waals surface area contributed by atoms with Gasteiger partial charge in [-0.1, -0.05) is 42.0 Å². The van der Waals surface area contributed by atoms with Crippen LogP contribution in [0, 0.1) is 6.92 Å². The molecule has 0 saturated carbocycles. The predicted molar refractivity (Wildman–Crippen MR) is 111 cm³/mol. The monoisotopic (exact) mass is 406 g/mol. The maximum absolute atomic E-state index is 12.4. The zero-order valence-electron chi connectivity index (χ0n) is 15.9. The second-order valence-corrected chi connectivity index (χ2v) is 7.16. The molecule has 9 heteroatoms. The van der Waals surface area contributed by atoms with Gasteiger partial charge in [0.05, 0.1) is 12.8 Å². The molecule has 4 aromatic rings. The van der Waals surface area contributed by atoms with E-state index in [4.69, 9.17) is 4.74 Å². The van der Waals surface area contributed by atoms with Gasteiger partial charge in [0.2, 0.25) is 11.7 Å². The van der Waals surface area contributed by atoms with E-state index in [2.05, 4.69) is 25.7 Å². The number of rotatable bonds is 6. The maximum atomic E-state index is 12.4. The second-order valence-electron chi connectivity index (χ2n) is 6.30. The fourth-order valence-corrected chi connectivity index (χ4v) is 3.50. The van der Waals surface area contributed by atoms with Crippen LogP contribution in [-0.4, -0.2) is 38.2 Å². The zero-order valence-corrected chi connectivity index (χ0v) is 16.7. The Morgan fingerprint density at radius 3 is 2.83 bits per heavy atom. The number of benzene rings is 2. The third kappa shape index (κ3) is 4.30. The molecule has 0 unspecified atom stereocenters. The highest BCUT2D eigenvalue weighted by molar-refractivity contribution is 7.14. The molecule has 0 saturated heterocycles. The lowest BCUT2D eigenvalue weighted by Gasteiger charge is -2.07. The molecular weight excluding hydrogens is 388 g/mol. The molecule has 1 amide bonds. The van der Waals surface area contributed by atoms with Gasteiger partial charge in [0.15, 0.2) is 5.13 Å². The number of anilines is 1. The molecule has 4 rings (SSSR count). The minimum Gasteiger partial charge on any atom is -0.496 e. The number of nitrogens with zero attached hydrogens (tertiary/aromatic N) is 5. The number of amides is 1. The van der Waals surface area contributed by atoms with Gasteiger partial charge in [-0.25, -0.2) is 4.98 Å². The number of aryl methyl sites for hydroxylation is 1. The fourth-order valence-electron chi connectivity index (χ4n) is 2.78. The van der Waals surface area contributed by atoms with Crippen LogP contribution in [0.4, 0.5) is 5.13 Å². The first kappa shape index (κ1) is 18.8. The summed E-state index contributed by atoms with van der Waals surface area (Å²) in [7, 11) is 1.62. The molecule has 8 nitrogen and oxygen atoms in total. The quantitative estimate of drug-likeness (QED) is 0.527. The maximum Gasteiger partial charge on any atom is 0.249 e. The minimum absolute atomic E-state index is 0.0531. The summed E-state index contributed by atoms with van der Waals surface area (Å²) >= 11 is 1.35. The van der Waals surface area contributed by atoms with E-state index >= 15 is 0 Å². The van der Waals surface area contributed by atoms with Crippen LogP contribution in [0.1, 0.15) is 5.56 Å². The van der Waals surface area contributed by atoms with Gasteiger partial charge in [0.1, 0.15) is 12.3 Å². The lowest BCUT2D eigenvalue weighted by molar-refractivity contribution is -0.117. The van der Waals surface area contributed by atoms with E-state index in [1.807, 2.05) is 60.8 Å². The number of carbonyl (C=O) groups excluding carboxylic acids is 1. The van der Waals surface area contributed by atoms with E-state index < -0.39 is 0 Å². The Hall–Kier alpha value is -3.59. The van der Waals surface area contributed by atoms with Crippen LogP contribution in [0.25, 0.3) is 22.6 Å². The van der Waals surface area contributed by atoms with Crippen molar-refractivity contribution in [3.8, 4) is 28.4 Å². The van der Waals surface area contributed by atoms with Crippen molar-refractivity contribution in [3.63, 3.8) is 0 Å². The van der Waals surface area contributed by atoms with Crippen molar-refractivity contribution in [1.29, 1.82) is 0 Å². The number of tetrazole rings is 1. The summed E-state index contributed by atoms with van der Waals surface area (Å²) in [5.74, 6) is 0.930. The molecule has 2 aromatic heterocycles. The number of methoxy groups -OCH3 is 1. The predicted octanol–water partition coefficient (Wildman–Crippen LogP) is 3.42. The Balaban J connectivity index is 1.44. The van der Waals surface area contributed by atoms with Crippen molar-refractivity contribution in [2.45, 2.75) is 13.5 Å². The molecule has 0 aliphatic rings. The van der Waals surface area contributed by atoms with Crippen molar-refractivity contribution in [1.82, 2.24) is 25.2 Å². The van der Waals surface area contributed by atoms with Crippen LogP contribution >= 0.6 is 11.3 Å². The number of hydrogen-bond acceptors (Lipinski definition) is 7. The van der Waals surface area contributed by atoms with Crippen LogP contribution in [-0.2, 0) is 11.3 Å². The molecule has 2 heterocycles. The van der Waals surface area contributed by atoms with Crippen LogP contribution in [0.3, 0.4) is 0 Å². The molecule has 29 heavy (non-hydrogen) atoms. The summed E-state index contributed by atoms with van der Waals surface area (Å²) in [6.45, 7) is 1.95. The smallest absolute Gasteiger partial charge is 0.249 e. The van der Waals surface area contributed by atoms with Crippen LogP contribution in [0.15, 0.2) is 53.9 Å². The molecule has 0 atom stereocenters. The standard InChI is InChI=1S/C20H18N6O2S/c1-13-8-9-17(28-2)15(10-13)16-12-29-20(21-16)22-18(27)11-26-24-19(23-25-26)14-6-4-3-5-7-14/h3-10,12H,11H2,1-2H3,(H,21,22,27). The molecule has 1 N–H and O–H groups in total. The summed E-state index contributed by atoms with van der Waals surface area (Å²) in [5.41, 5.74) is 3.58. The van der Waals surface area contributed by atoms with Crippen molar-refractivity contribution in [2.24, 2.45) is 0 Å². The lowest BCUT2D eigenvalue weighted by Crippen LogP contribution is -2.20. The topological polar surface area (TPSA) is 94.8 Å². The number of hydrogen-bond donors (Lipinski definition) is 1. The molecule has 146 valence electrons. The molecule has 0 bridgehead atoms. The molecule has 2 aromatic carbocycles. The van der Waals surface area contributed by atoms with Gasteiger partial charge in [-0.15, -0.1) is 21.5 Å². The van der Waals surface area contributed by atoms with Crippen LogP contribution in [0.5, 0.6) is 5.75 Å². The van der Waals surface area contributed by atoms with E-state index in [-0.39, 0.29) is 12.5 Å². The Kier molecular flexibility index (Phi) is 5.30. The van der Waals surface area contributed by atoms with Crippen molar-refractivity contribution in [3.05, 3.63) is 59.5 Å². The van der Waals surface area contributed by atoms with Crippen molar-refractivity contribution in [2.75, 3.05) is 12.4 Å². The second kappa shape index (κ2) is 8.19. The van der Waals surface area contributed by atoms with Crippen molar-refractivity contribution >= 4 is 22.4 Å². The zero-order chi connectivity index (χ0) is 20.2. The molecule has 0 fully saturated rings. The molecule has 0 aliphatic heterocycles. The van der Waals surface area contributed by atoms with Gasteiger partial charge in [-0.2, -0.15) is 4.80 Å². The summed E-state index contributed by atoms with van der Waals surface area (Å²) in [4.78, 5) is 18.1. The number of nitrogens with one attached hydrogen (secondary N) is 1. The minimum atomic E-state index is -0.279.